The Hall–Kier alpha value is -2.19. The fourth-order valence-electron chi connectivity index (χ4n) is 2.43. The standard InChI is InChI=1S/C20H14ClN3OS3/c21-15-8-6-14(7-9-15)17-11-27-20(23-17)28-12-18(25)24-19-22-16(10-26-19)13-4-2-1-3-5-13/h1-11H,12H2,(H,22,24,25). The molecule has 1 N–H and O–H groups in total. The Morgan fingerprint density at radius 1 is 0.929 bits per heavy atom. The van der Waals surface area contributed by atoms with Gasteiger partial charge in [0, 0.05) is 26.9 Å². The summed E-state index contributed by atoms with van der Waals surface area (Å²) >= 11 is 10.3. The van der Waals surface area contributed by atoms with Gasteiger partial charge in [0.1, 0.15) is 0 Å². The van der Waals surface area contributed by atoms with E-state index in [1.54, 1.807) is 0 Å². The van der Waals surface area contributed by atoms with Gasteiger partial charge in [-0.15, -0.1) is 22.7 Å². The fraction of sp³-hybridized carbons (Fsp3) is 0.0500. The van der Waals surface area contributed by atoms with Crippen LogP contribution in [-0.4, -0.2) is 21.6 Å². The van der Waals surface area contributed by atoms with E-state index in [1.807, 2.05) is 65.4 Å². The number of carbonyl (C=O) groups excluding carboxylic acids is 1. The van der Waals surface area contributed by atoms with Crippen LogP contribution in [-0.2, 0) is 4.79 Å². The van der Waals surface area contributed by atoms with Crippen molar-refractivity contribution in [1.82, 2.24) is 9.97 Å². The maximum Gasteiger partial charge on any atom is 0.236 e. The van der Waals surface area contributed by atoms with Crippen molar-refractivity contribution < 1.29 is 4.79 Å². The minimum atomic E-state index is -0.0952. The van der Waals surface area contributed by atoms with Crippen LogP contribution in [0, 0.1) is 0 Å². The Morgan fingerprint density at radius 2 is 1.61 bits per heavy atom. The first-order chi connectivity index (χ1) is 13.7. The summed E-state index contributed by atoms with van der Waals surface area (Å²) in [4.78, 5) is 21.3. The molecule has 2 aromatic carbocycles. The quantitative estimate of drug-likeness (QED) is 0.354. The molecule has 2 aromatic heterocycles. The van der Waals surface area contributed by atoms with Crippen LogP contribution in [0.15, 0.2) is 69.7 Å². The molecule has 4 rings (SSSR count). The Bertz CT molecular complexity index is 1080. The molecule has 2 heterocycles. The van der Waals surface area contributed by atoms with E-state index in [0.29, 0.717) is 10.2 Å². The second kappa shape index (κ2) is 8.87. The summed E-state index contributed by atoms with van der Waals surface area (Å²) in [6, 6.07) is 17.5. The Kier molecular flexibility index (Phi) is 6.07. The van der Waals surface area contributed by atoms with Crippen LogP contribution >= 0.6 is 46.0 Å². The van der Waals surface area contributed by atoms with E-state index in [2.05, 4.69) is 15.3 Å². The molecule has 0 saturated heterocycles. The number of aromatic nitrogens is 2. The molecule has 0 bridgehead atoms. The summed E-state index contributed by atoms with van der Waals surface area (Å²) in [5.74, 6) is 0.190. The topological polar surface area (TPSA) is 54.9 Å². The number of benzene rings is 2. The van der Waals surface area contributed by atoms with Crippen molar-refractivity contribution in [3.8, 4) is 22.5 Å². The number of rotatable bonds is 6. The average molecular weight is 444 g/mol. The van der Waals surface area contributed by atoms with Gasteiger partial charge in [-0.1, -0.05) is 65.8 Å². The van der Waals surface area contributed by atoms with Gasteiger partial charge in [-0.25, -0.2) is 9.97 Å². The first-order valence-electron chi connectivity index (χ1n) is 8.32. The van der Waals surface area contributed by atoms with Crippen molar-refractivity contribution in [3.63, 3.8) is 0 Å². The van der Waals surface area contributed by atoms with Gasteiger partial charge < -0.3 is 5.32 Å². The molecule has 28 heavy (non-hydrogen) atoms. The highest BCUT2D eigenvalue weighted by Crippen LogP contribution is 2.29. The summed E-state index contributed by atoms with van der Waals surface area (Å²) < 4.78 is 0.851. The largest absolute Gasteiger partial charge is 0.301 e. The van der Waals surface area contributed by atoms with Gasteiger partial charge in [0.25, 0.3) is 0 Å². The molecule has 0 atom stereocenters. The van der Waals surface area contributed by atoms with Crippen molar-refractivity contribution >= 4 is 57.1 Å². The molecule has 0 fully saturated rings. The number of thioether (sulfide) groups is 1. The Balaban J connectivity index is 1.33. The summed E-state index contributed by atoms with van der Waals surface area (Å²) in [5, 5.41) is 8.08. The lowest BCUT2D eigenvalue weighted by Gasteiger charge is -2.00. The minimum Gasteiger partial charge on any atom is -0.301 e. The second-order valence-corrected chi connectivity index (χ2v) is 9.12. The number of anilines is 1. The summed E-state index contributed by atoms with van der Waals surface area (Å²) in [7, 11) is 0. The number of hydrogen-bond donors (Lipinski definition) is 1. The molecule has 140 valence electrons. The van der Waals surface area contributed by atoms with Gasteiger partial charge in [0.2, 0.25) is 5.91 Å². The molecular formula is C20H14ClN3OS3. The van der Waals surface area contributed by atoms with Crippen LogP contribution < -0.4 is 5.32 Å². The van der Waals surface area contributed by atoms with Crippen LogP contribution in [0.25, 0.3) is 22.5 Å². The lowest BCUT2D eigenvalue weighted by Crippen LogP contribution is -2.13. The zero-order chi connectivity index (χ0) is 19.3. The molecule has 0 aliphatic carbocycles. The van der Waals surface area contributed by atoms with Gasteiger partial charge in [0.05, 0.1) is 17.1 Å². The van der Waals surface area contributed by atoms with Crippen LogP contribution in [0.5, 0.6) is 0 Å². The van der Waals surface area contributed by atoms with E-state index in [9.17, 15) is 4.79 Å². The predicted molar refractivity (Wildman–Crippen MR) is 119 cm³/mol. The van der Waals surface area contributed by atoms with Crippen molar-refractivity contribution in [1.29, 1.82) is 0 Å². The Labute approximate surface area is 179 Å². The van der Waals surface area contributed by atoms with Crippen LogP contribution in [0.4, 0.5) is 5.13 Å². The number of hydrogen-bond acceptors (Lipinski definition) is 6. The third-order valence-corrected chi connectivity index (χ3v) is 6.80. The van der Waals surface area contributed by atoms with E-state index in [1.165, 1.54) is 34.4 Å². The summed E-state index contributed by atoms with van der Waals surface area (Å²) in [6.45, 7) is 0. The maximum atomic E-state index is 12.2. The van der Waals surface area contributed by atoms with Crippen LogP contribution in [0.3, 0.4) is 0 Å². The summed E-state index contributed by atoms with van der Waals surface area (Å²) in [6.07, 6.45) is 0. The van der Waals surface area contributed by atoms with E-state index in [4.69, 9.17) is 11.6 Å². The lowest BCUT2D eigenvalue weighted by molar-refractivity contribution is -0.113. The monoisotopic (exact) mass is 443 g/mol. The third kappa shape index (κ3) is 4.80. The number of halogens is 1. The average Bonchev–Trinajstić information content (AvgIpc) is 3.37. The predicted octanol–water partition coefficient (Wildman–Crippen LogP) is 6.32. The number of thiazole rings is 2. The van der Waals surface area contributed by atoms with Crippen LogP contribution in [0.2, 0.25) is 5.02 Å². The third-order valence-electron chi connectivity index (χ3n) is 3.77. The number of nitrogens with one attached hydrogen (secondary N) is 1. The molecule has 0 unspecified atom stereocenters. The molecule has 4 nitrogen and oxygen atoms in total. The molecule has 8 heteroatoms. The smallest absolute Gasteiger partial charge is 0.236 e. The van der Waals surface area contributed by atoms with E-state index in [-0.39, 0.29) is 11.7 Å². The van der Waals surface area contributed by atoms with E-state index < -0.39 is 0 Å². The molecule has 0 spiro atoms. The fourth-order valence-corrected chi connectivity index (χ4v) is 4.93. The summed E-state index contributed by atoms with van der Waals surface area (Å²) in [5.41, 5.74) is 3.79. The molecule has 1 amide bonds. The van der Waals surface area contributed by atoms with Gasteiger partial charge >= 0.3 is 0 Å². The molecular weight excluding hydrogens is 430 g/mol. The van der Waals surface area contributed by atoms with E-state index in [0.717, 1.165) is 26.9 Å². The highest BCUT2D eigenvalue weighted by atomic mass is 35.5. The van der Waals surface area contributed by atoms with Crippen LogP contribution in [0.1, 0.15) is 0 Å². The highest BCUT2D eigenvalue weighted by Gasteiger charge is 2.11. The minimum absolute atomic E-state index is 0.0952. The lowest BCUT2D eigenvalue weighted by atomic mass is 10.2. The maximum absolute atomic E-state index is 12.2. The van der Waals surface area contributed by atoms with Crippen molar-refractivity contribution in [2.45, 2.75) is 4.34 Å². The van der Waals surface area contributed by atoms with Gasteiger partial charge in [0.15, 0.2) is 9.47 Å². The Morgan fingerprint density at radius 3 is 2.39 bits per heavy atom. The molecule has 0 radical (unpaired) electrons. The zero-order valence-corrected chi connectivity index (χ0v) is 17.7. The van der Waals surface area contributed by atoms with Crippen molar-refractivity contribution in [2.75, 3.05) is 11.1 Å². The van der Waals surface area contributed by atoms with Gasteiger partial charge in [-0.05, 0) is 12.1 Å². The second-order valence-electron chi connectivity index (χ2n) is 5.75. The molecule has 0 aliphatic heterocycles. The SMILES string of the molecule is O=C(CSc1nc(-c2ccc(Cl)cc2)cs1)Nc1nc(-c2ccccc2)cs1. The zero-order valence-electron chi connectivity index (χ0n) is 14.5. The van der Waals surface area contributed by atoms with Gasteiger partial charge in [-0.3, -0.25) is 4.79 Å². The van der Waals surface area contributed by atoms with Crippen molar-refractivity contribution in [3.05, 3.63) is 70.4 Å². The molecule has 0 aliphatic rings. The number of amides is 1. The number of nitrogens with zero attached hydrogens (tertiary/aromatic N) is 2. The van der Waals surface area contributed by atoms with E-state index >= 15 is 0 Å². The molecule has 4 aromatic rings. The van der Waals surface area contributed by atoms with Gasteiger partial charge in [-0.2, -0.15) is 0 Å². The first-order valence-corrected chi connectivity index (χ1v) is 11.4. The van der Waals surface area contributed by atoms with Crippen molar-refractivity contribution in [2.24, 2.45) is 0 Å². The highest BCUT2D eigenvalue weighted by molar-refractivity contribution is 8.01. The number of carbonyl (C=O) groups is 1. The molecule has 0 saturated carbocycles. The normalized spacial score (nSPS) is 10.8. The first kappa shape index (κ1) is 19.1.